The molecular weight excluding hydrogens is 366 g/mol. The molecule has 6 nitrogen and oxygen atoms in total. The van der Waals surface area contributed by atoms with Crippen LogP contribution in [0.2, 0.25) is 0 Å². The second kappa shape index (κ2) is 8.45. The molecular formula is C23H27N3O3. The van der Waals surface area contributed by atoms with Crippen molar-refractivity contribution in [3.8, 4) is 16.9 Å². The zero-order chi connectivity index (χ0) is 20.3. The Morgan fingerprint density at radius 1 is 1.03 bits per heavy atom. The number of β-amino-alcohol motifs (C(OH)–C–C–N with tert-alkyl or cyclic N) is 1. The molecule has 3 aromatic rings. The molecule has 0 bridgehead atoms. The van der Waals surface area contributed by atoms with Crippen molar-refractivity contribution in [2.24, 2.45) is 0 Å². The van der Waals surface area contributed by atoms with Crippen molar-refractivity contribution in [1.82, 2.24) is 15.1 Å². The van der Waals surface area contributed by atoms with Crippen molar-refractivity contribution in [3.05, 3.63) is 54.9 Å². The van der Waals surface area contributed by atoms with Crippen LogP contribution in [0.5, 0.6) is 5.75 Å². The molecule has 0 radical (unpaired) electrons. The van der Waals surface area contributed by atoms with Crippen molar-refractivity contribution in [3.63, 3.8) is 0 Å². The molecule has 4 rings (SSSR count). The fourth-order valence-corrected chi connectivity index (χ4v) is 3.72. The predicted molar refractivity (Wildman–Crippen MR) is 113 cm³/mol. The first-order valence-corrected chi connectivity index (χ1v) is 10.1. The number of hydrogen-bond acceptors (Lipinski definition) is 6. The number of fused-ring (bicyclic) bond motifs is 1. The van der Waals surface area contributed by atoms with E-state index in [0.717, 1.165) is 53.6 Å². The maximum Gasteiger partial charge on any atom is 0.120 e. The minimum Gasteiger partial charge on any atom is -0.491 e. The molecule has 0 aliphatic carbocycles. The van der Waals surface area contributed by atoms with Crippen molar-refractivity contribution in [2.75, 3.05) is 26.2 Å². The summed E-state index contributed by atoms with van der Waals surface area (Å²) in [6, 6.07) is 14.1. The van der Waals surface area contributed by atoms with E-state index in [2.05, 4.69) is 33.3 Å². The second-order valence-electron chi connectivity index (χ2n) is 8.12. The summed E-state index contributed by atoms with van der Waals surface area (Å²) in [4.78, 5) is 2.18. The Hall–Kier alpha value is -2.54. The van der Waals surface area contributed by atoms with Crippen LogP contribution < -0.4 is 4.74 Å². The van der Waals surface area contributed by atoms with E-state index in [4.69, 9.17) is 4.74 Å². The number of nitrogens with zero attached hydrogens (tertiary/aromatic N) is 3. The van der Waals surface area contributed by atoms with Crippen LogP contribution in [0, 0.1) is 0 Å². The van der Waals surface area contributed by atoms with Crippen LogP contribution in [-0.4, -0.2) is 63.3 Å². The van der Waals surface area contributed by atoms with Gasteiger partial charge in [0.1, 0.15) is 18.5 Å². The molecule has 1 aliphatic heterocycles. The highest BCUT2D eigenvalue weighted by Crippen LogP contribution is 2.27. The molecule has 2 heterocycles. The van der Waals surface area contributed by atoms with Gasteiger partial charge in [0.2, 0.25) is 0 Å². The zero-order valence-corrected chi connectivity index (χ0v) is 16.7. The number of piperidine rings is 1. The number of hydrogen-bond donors (Lipinski definition) is 2. The fraction of sp³-hybridized carbons (Fsp3) is 0.391. The molecule has 2 aromatic carbocycles. The van der Waals surface area contributed by atoms with Crippen LogP contribution in [0.25, 0.3) is 21.9 Å². The van der Waals surface area contributed by atoms with Gasteiger partial charge in [-0.25, -0.2) is 0 Å². The topological polar surface area (TPSA) is 78.7 Å². The first-order chi connectivity index (χ1) is 14.0. The minimum absolute atomic E-state index is 0.242. The molecule has 1 aliphatic rings. The highest BCUT2D eigenvalue weighted by Gasteiger charge is 2.28. The van der Waals surface area contributed by atoms with E-state index in [1.54, 1.807) is 12.4 Å². The van der Waals surface area contributed by atoms with Gasteiger partial charge in [0, 0.05) is 25.2 Å². The molecule has 1 fully saturated rings. The Kier molecular flexibility index (Phi) is 5.76. The number of aliphatic hydroxyl groups is 2. The molecule has 0 spiro atoms. The number of ether oxygens (including phenoxy) is 1. The summed E-state index contributed by atoms with van der Waals surface area (Å²) in [5.41, 5.74) is 1.52. The van der Waals surface area contributed by atoms with E-state index in [1.807, 2.05) is 31.2 Å². The second-order valence-corrected chi connectivity index (χ2v) is 8.12. The third kappa shape index (κ3) is 5.09. The Morgan fingerprint density at radius 2 is 1.83 bits per heavy atom. The molecule has 152 valence electrons. The maximum absolute atomic E-state index is 10.4. The van der Waals surface area contributed by atoms with Gasteiger partial charge in [-0.1, -0.05) is 18.2 Å². The summed E-state index contributed by atoms with van der Waals surface area (Å²) < 4.78 is 5.86. The summed E-state index contributed by atoms with van der Waals surface area (Å²) in [5.74, 6) is 0.739. The summed E-state index contributed by atoms with van der Waals surface area (Å²) in [6.45, 7) is 4.27. The normalized spacial score (nSPS) is 17.9. The Balaban J connectivity index is 1.38. The van der Waals surface area contributed by atoms with Crippen molar-refractivity contribution < 1.29 is 14.9 Å². The monoisotopic (exact) mass is 393 g/mol. The van der Waals surface area contributed by atoms with Gasteiger partial charge in [-0.3, -0.25) is 0 Å². The smallest absolute Gasteiger partial charge is 0.120 e. The predicted octanol–water partition coefficient (Wildman–Crippen LogP) is 2.88. The van der Waals surface area contributed by atoms with E-state index < -0.39 is 11.7 Å². The number of benzene rings is 2. The summed E-state index contributed by atoms with van der Waals surface area (Å²) in [7, 11) is 0. The van der Waals surface area contributed by atoms with E-state index >= 15 is 0 Å². The van der Waals surface area contributed by atoms with Gasteiger partial charge in [0.25, 0.3) is 0 Å². The Bertz CT molecular complexity index is 952. The number of rotatable bonds is 6. The lowest BCUT2D eigenvalue weighted by atomic mass is 9.94. The minimum atomic E-state index is -0.575. The number of likely N-dealkylation sites (tertiary alicyclic amines) is 1. The van der Waals surface area contributed by atoms with Gasteiger partial charge in [0.15, 0.2) is 0 Å². The first kappa shape index (κ1) is 19.8. The summed E-state index contributed by atoms with van der Waals surface area (Å²) in [5, 5.41) is 30.4. The molecule has 1 saturated heterocycles. The summed E-state index contributed by atoms with van der Waals surface area (Å²) >= 11 is 0. The van der Waals surface area contributed by atoms with Crippen LogP contribution in [0.15, 0.2) is 54.9 Å². The van der Waals surface area contributed by atoms with Crippen LogP contribution in [0.3, 0.4) is 0 Å². The first-order valence-electron chi connectivity index (χ1n) is 10.1. The quantitative estimate of drug-likeness (QED) is 0.671. The highest BCUT2D eigenvalue weighted by molar-refractivity contribution is 5.88. The SMILES string of the molecule is CC1(O)CCN(CC(O)COc2ccc3ccc(-c4ccnnc4)cc3c2)CC1. The van der Waals surface area contributed by atoms with Gasteiger partial charge < -0.3 is 19.8 Å². The molecule has 1 atom stereocenters. The summed E-state index contributed by atoms with van der Waals surface area (Å²) in [6.07, 6.45) is 4.34. The molecule has 0 saturated carbocycles. The molecule has 29 heavy (non-hydrogen) atoms. The van der Waals surface area contributed by atoms with Crippen molar-refractivity contribution >= 4 is 10.8 Å². The largest absolute Gasteiger partial charge is 0.491 e. The van der Waals surface area contributed by atoms with Crippen molar-refractivity contribution in [2.45, 2.75) is 31.5 Å². The number of aromatic nitrogens is 2. The molecule has 0 amide bonds. The van der Waals surface area contributed by atoms with Gasteiger partial charge in [-0.05, 0) is 60.4 Å². The van der Waals surface area contributed by atoms with Gasteiger partial charge in [-0.15, -0.1) is 0 Å². The van der Waals surface area contributed by atoms with Gasteiger partial charge in [0.05, 0.1) is 18.0 Å². The lowest BCUT2D eigenvalue weighted by Gasteiger charge is -2.36. The average Bonchev–Trinajstić information content (AvgIpc) is 2.74. The van der Waals surface area contributed by atoms with Gasteiger partial charge >= 0.3 is 0 Å². The van der Waals surface area contributed by atoms with E-state index in [0.29, 0.717) is 6.54 Å². The van der Waals surface area contributed by atoms with Crippen molar-refractivity contribution in [1.29, 1.82) is 0 Å². The molecule has 1 aromatic heterocycles. The third-order valence-corrected chi connectivity index (χ3v) is 5.57. The Labute approximate surface area is 170 Å². The van der Waals surface area contributed by atoms with Gasteiger partial charge in [-0.2, -0.15) is 10.2 Å². The molecule has 2 N–H and O–H groups in total. The van der Waals surface area contributed by atoms with Crippen LogP contribution in [0.4, 0.5) is 0 Å². The number of aliphatic hydroxyl groups excluding tert-OH is 1. The zero-order valence-electron chi connectivity index (χ0n) is 16.7. The molecule has 6 heteroatoms. The average molecular weight is 393 g/mol. The van der Waals surface area contributed by atoms with E-state index in [1.165, 1.54) is 0 Å². The van der Waals surface area contributed by atoms with E-state index in [-0.39, 0.29) is 6.61 Å². The van der Waals surface area contributed by atoms with E-state index in [9.17, 15) is 10.2 Å². The maximum atomic E-state index is 10.4. The Morgan fingerprint density at radius 3 is 2.59 bits per heavy atom. The lowest BCUT2D eigenvalue weighted by Crippen LogP contribution is -2.45. The van der Waals surface area contributed by atoms with Crippen LogP contribution >= 0.6 is 0 Å². The highest BCUT2D eigenvalue weighted by atomic mass is 16.5. The molecule has 1 unspecified atom stereocenters. The standard InChI is InChI=1S/C23H27N3O3/c1-23(28)7-10-26(11-8-23)15-21(27)16-29-22-5-4-17-2-3-18(12-20(17)13-22)19-6-9-24-25-14-19/h2-6,9,12-14,21,27-28H,7-8,10-11,15-16H2,1H3. The van der Waals surface area contributed by atoms with Crippen LogP contribution in [-0.2, 0) is 0 Å². The third-order valence-electron chi connectivity index (χ3n) is 5.57. The van der Waals surface area contributed by atoms with Crippen LogP contribution in [0.1, 0.15) is 19.8 Å². The lowest BCUT2D eigenvalue weighted by molar-refractivity contribution is -0.0201. The fourth-order valence-electron chi connectivity index (χ4n) is 3.72.